The third-order valence-corrected chi connectivity index (χ3v) is 4.18. The Labute approximate surface area is 111 Å². The predicted octanol–water partition coefficient (Wildman–Crippen LogP) is 0.248. The van der Waals surface area contributed by atoms with E-state index in [1.165, 1.54) is 11.3 Å². The van der Waals surface area contributed by atoms with Gasteiger partial charge in [0.1, 0.15) is 5.82 Å². The van der Waals surface area contributed by atoms with Gasteiger partial charge in [0.15, 0.2) is 4.80 Å². The van der Waals surface area contributed by atoms with Crippen molar-refractivity contribution < 1.29 is 0 Å². The summed E-state index contributed by atoms with van der Waals surface area (Å²) in [7, 11) is 0. The molecule has 0 amide bonds. The van der Waals surface area contributed by atoms with E-state index in [2.05, 4.69) is 15.0 Å². The zero-order chi connectivity index (χ0) is 12.8. The molecule has 1 N–H and O–H groups in total. The first kappa shape index (κ1) is 10.7. The molecule has 1 aliphatic heterocycles. The van der Waals surface area contributed by atoms with Crippen LogP contribution in [0.25, 0.3) is 17.1 Å². The zero-order valence-electron chi connectivity index (χ0n) is 9.96. The van der Waals surface area contributed by atoms with Crippen molar-refractivity contribution in [3.63, 3.8) is 0 Å². The number of nitrogens with one attached hydrogen (secondary N) is 1. The smallest absolute Gasteiger partial charge is 0.270 e. The Bertz CT molecular complexity index is 914. The van der Waals surface area contributed by atoms with Gasteiger partial charge in [-0.3, -0.25) is 14.4 Å². The van der Waals surface area contributed by atoms with E-state index < -0.39 is 0 Å². The molecule has 0 aliphatic carbocycles. The molecule has 0 unspecified atom stereocenters. The molecule has 3 aromatic rings. The fraction of sp³-hybridized carbons (Fsp3) is 0.154. The van der Waals surface area contributed by atoms with Crippen LogP contribution in [0.3, 0.4) is 0 Å². The largest absolute Gasteiger partial charge is 0.338 e. The summed E-state index contributed by atoms with van der Waals surface area (Å²) in [5.41, 5.74) is 1.91. The second-order valence-corrected chi connectivity index (χ2v) is 5.38. The monoisotopic (exact) mass is 270 g/mol. The lowest BCUT2D eigenvalue weighted by Crippen LogP contribution is -2.29. The molecule has 0 saturated carbocycles. The number of hydrogen-bond donors (Lipinski definition) is 1. The molecule has 5 nitrogen and oxygen atoms in total. The van der Waals surface area contributed by atoms with Crippen molar-refractivity contribution in [2.24, 2.45) is 4.99 Å². The van der Waals surface area contributed by atoms with Crippen LogP contribution in [0.5, 0.6) is 0 Å². The Morgan fingerprint density at radius 3 is 3.11 bits per heavy atom. The van der Waals surface area contributed by atoms with Gasteiger partial charge < -0.3 is 4.98 Å². The number of H-pyrrole nitrogens is 1. The first-order valence-electron chi connectivity index (χ1n) is 6.02. The Morgan fingerprint density at radius 1 is 1.37 bits per heavy atom. The number of benzene rings is 1. The Balaban J connectivity index is 1.94. The van der Waals surface area contributed by atoms with Crippen LogP contribution in [0.2, 0.25) is 0 Å². The molecule has 0 radical (unpaired) electrons. The summed E-state index contributed by atoms with van der Waals surface area (Å²) in [6, 6.07) is 7.81. The van der Waals surface area contributed by atoms with Crippen molar-refractivity contribution in [1.82, 2.24) is 14.5 Å². The highest BCUT2D eigenvalue weighted by molar-refractivity contribution is 7.07. The summed E-state index contributed by atoms with van der Waals surface area (Å²) in [6.45, 7) is 1.41. The number of rotatable bonds is 1. The minimum absolute atomic E-state index is 0.0294. The van der Waals surface area contributed by atoms with Crippen LogP contribution in [-0.2, 0) is 6.54 Å². The van der Waals surface area contributed by atoms with E-state index in [9.17, 15) is 4.79 Å². The average molecular weight is 270 g/mol. The second-order valence-electron chi connectivity index (χ2n) is 4.37. The molecule has 94 valence electrons. The Morgan fingerprint density at radius 2 is 2.26 bits per heavy atom. The molecular formula is C13H10N4OS. The van der Waals surface area contributed by atoms with E-state index in [-0.39, 0.29) is 5.56 Å². The molecule has 1 aromatic carbocycles. The highest BCUT2D eigenvalue weighted by atomic mass is 32.1. The van der Waals surface area contributed by atoms with Gasteiger partial charge in [0.05, 0.1) is 22.1 Å². The van der Waals surface area contributed by atoms with Crippen molar-refractivity contribution in [1.29, 1.82) is 0 Å². The van der Waals surface area contributed by atoms with E-state index in [1.807, 2.05) is 24.3 Å². The lowest BCUT2D eigenvalue weighted by atomic mass is 10.3. The molecule has 4 rings (SSSR count). The van der Waals surface area contributed by atoms with E-state index in [0.717, 1.165) is 15.8 Å². The molecular weight excluding hydrogens is 260 g/mol. The summed E-state index contributed by atoms with van der Waals surface area (Å²) >= 11 is 1.42. The first-order valence-corrected chi connectivity index (χ1v) is 6.83. The topological polar surface area (TPSA) is 63.0 Å². The SMILES string of the molecule is O=c1c(=Cc2nc3ccccc3[nH]2)sc2n1CCN=2. The van der Waals surface area contributed by atoms with Gasteiger partial charge in [-0.25, -0.2) is 4.98 Å². The minimum atomic E-state index is 0.0294. The van der Waals surface area contributed by atoms with Gasteiger partial charge in [0.25, 0.3) is 5.56 Å². The maximum Gasteiger partial charge on any atom is 0.270 e. The molecule has 19 heavy (non-hydrogen) atoms. The van der Waals surface area contributed by atoms with Crippen molar-refractivity contribution >= 4 is 28.4 Å². The first-order chi connectivity index (χ1) is 9.31. The van der Waals surface area contributed by atoms with Gasteiger partial charge in [-0.2, -0.15) is 0 Å². The van der Waals surface area contributed by atoms with Crippen molar-refractivity contribution in [2.75, 3.05) is 6.54 Å². The normalized spacial score (nSPS) is 14.8. The average Bonchev–Trinajstić information content (AvgIpc) is 3.07. The van der Waals surface area contributed by atoms with Crippen LogP contribution in [0, 0.1) is 0 Å². The van der Waals surface area contributed by atoms with E-state index >= 15 is 0 Å². The van der Waals surface area contributed by atoms with Crippen LogP contribution >= 0.6 is 11.3 Å². The highest BCUT2D eigenvalue weighted by Crippen LogP contribution is 2.10. The number of hydrogen-bond acceptors (Lipinski definition) is 4. The molecule has 0 bridgehead atoms. The van der Waals surface area contributed by atoms with Crippen molar-refractivity contribution in [3.8, 4) is 0 Å². The van der Waals surface area contributed by atoms with E-state index in [1.54, 1.807) is 10.6 Å². The molecule has 0 spiro atoms. The summed E-state index contributed by atoms with van der Waals surface area (Å²) in [4.78, 5) is 24.9. The summed E-state index contributed by atoms with van der Waals surface area (Å²) < 4.78 is 2.40. The zero-order valence-corrected chi connectivity index (χ0v) is 10.8. The van der Waals surface area contributed by atoms with Crippen LogP contribution in [0.15, 0.2) is 34.1 Å². The molecule has 0 saturated heterocycles. The summed E-state index contributed by atoms with van der Waals surface area (Å²) in [5.74, 6) is 0.707. The summed E-state index contributed by atoms with van der Waals surface area (Å²) in [5, 5.41) is 0. The lowest BCUT2D eigenvalue weighted by molar-refractivity contribution is 0.740. The Kier molecular flexibility index (Phi) is 2.19. The number of nitrogens with zero attached hydrogens (tertiary/aromatic N) is 3. The number of thiazole rings is 1. The number of aromatic nitrogens is 3. The molecule has 2 aromatic heterocycles. The van der Waals surface area contributed by atoms with Crippen LogP contribution in [-0.4, -0.2) is 21.1 Å². The number of imidazole rings is 1. The number of aromatic amines is 1. The molecule has 1 aliphatic rings. The van der Waals surface area contributed by atoms with Crippen LogP contribution in [0.1, 0.15) is 5.82 Å². The molecule has 0 atom stereocenters. The highest BCUT2D eigenvalue weighted by Gasteiger charge is 2.10. The standard InChI is InChI=1S/C13H10N4OS/c18-12-10(19-13-14-5-6-17(12)13)7-11-15-8-3-1-2-4-9(8)16-11/h1-4,7H,5-6H2,(H,15,16). The maximum atomic E-state index is 12.1. The summed E-state index contributed by atoms with van der Waals surface area (Å²) in [6.07, 6.45) is 1.80. The Hall–Kier alpha value is -2.21. The fourth-order valence-corrected chi connectivity index (χ4v) is 3.24. The van der Waals surface area contributed by atoms with Crippen molar-refractivity contribution in [3.05, 3.63) is 49.8 Å². The van der Waals surface area contributed by atoms with Gasteiger partial charge in [0.2, 0.25) is 0 Å². The minimum Gasteiger partial charge on any atom is -0.338 e. The quantitative estimate of drug-likeness (QED) is 0.689. The van der Waals surface area contributed by atoms with Gasteiger partial charge >= 0.3 is 0 Å². The van der Waals surface area contributed by atoms with Gasteiger partial charge in [-0.15, -0.1) is 0 Å². The molecule has 3 heterocycles. The van der Waals surface area contributed by atoms with Gasteiger partial charge in [-0.05, 0) is 12.1 Å². The molecule has 0 fully saturated rings. The predicted molar refractivity (Wildman–Crippen MR) is 73.9 cm³/mol. The van der Waals surface area contributed by atoms with Gasteiger partial charge in [-0.1, -0.05) is 23.5 Å². The second kappa shape index (κ2) is 3.89. The third kappa shape index (κ3) is 1.64. The third-order valence-electron chi connectivity index (χ3n) is 3.13. The van der Waals surface area contributed by atoms with E-state index in [4.69, 9.17) is 0 Å². The fourth-order valence-electron chi connectivity index (χ4n) is 2.23. The van der Waals surface area contributed by atoms with Crippen LogP contribution in [0.4, 0.5) is 0 Å². The number of para-hydroxylation sites is 2. The maximum absolute atomic E-state index is 12.1. The lowest BCUT2D eigenvalue weighted by Gasteiger charge is -1.85. The van der Waals surface area contributed by atoms with Crippen molar-refractivity contribution in [2.45, 2.75) is 6.54 Å². The number of fused-ring (bicyclic) bond motifs is 2. The molecule has 6 heteroatoms. The van der Waals surface area contributed by atoms with Gasteiger partial charge in [0, 0.05) is 12.6 Å². The van der Waals surface area contributed by atoms with Crippen LogP contribution < -0.4 is 14.9 Å². The van der Waals surface area contributed by atoms with E-state index in [0.29, 0.717) is 23.4 Å².